The van der Waals surface area contributed by atoms with E-state index in [2.05, 4.69) is 15.0 Å². The Labute approximate surface area is 223 Å². The van der Waals surface area contributed by atoms with E-state index in [1.807, 2.05) is 0 Å². The molecule has 210 valence electrons. The van der Waals surface area contributed by atoms with Gasteiger partial charge in [-0.3, -0.25) is 9.52 Å². The van der Waals surface area contributed by atoms with Gasteiger partial charge >= 0.3 is 6.18 Å². The maximum absolute atomic E-state index is 14.8. The molecular formula is C26H28F4N4O4S. The van der Waals surface area contributed by atoms with Gasteiger partial charge < -0.3 is 15.3 Å². The molecule has 2 heterocycles. The fraction of sp³-hybridized carbons (Fsp3) is 0.385. The summed E-state index contributed by atoms with van der Waals surface area (Å²) in [4.78, 5) is 18.6. The zero-order valence-corrected chi connectivity index (χ0v) is 22.3. The van der Waals surface area contributed by atoms with E-state index in [1.165, 1.54) is 24.3 Å². The van der Waals surface area contributed by atoms with E-state index in [1.54, 1.807) is 18.7 Å². The molecule has 0 unspecified atom stereocenters. The van der Waals surface area contributed by atoms with Crippen molar-refractivity contribution in [3.8, 4) is 0 Å². The second-order valence-corrected chi connectivity index (χ2v) is 11.5. The van der Waals surface area contributed by atoms with Crippen molar-refractivity contribution in [1.82, 2.24) is 10.3 Å². The predicted octanol–water partition coefficient (Wildman–Crippen LogP) is 4.52. The monoisotopic (exact) mass is 568 g/mol. The van der Waals surface area contributed by atoms with Crippen LogP contribution >= 0.6 is 0 Å². The normalized spacial score (nSPS) is 15.8. The number of hydrogen-bond acceptors (Lipinski definition) is 6. The Bertz CT molecular complexity index is 1520. The average molecular weight is 569 g/mol. The minimum Gasteiger partial charge on any atom is -0.393 e. The summed E-state index contributed by atoms with van der Waals surface area (Å²) in [6.45, 7) is 3.83. The molecule has 8 nitrogen and oxygen atoms in total. The van der Waals surface area contributed by atoms with Crippen LogP contribution in [0.5, 0.6) is 0 Å². The summed E-state index contributed by atoms with van der Waals surface area (Å²) in [7, 11) is -3.62. The van der Waals surface area contributed by atoms with Gasteiger partial charge in [-0.1, -0.05) is 0 Å². The largest absolute Gasteiger partial charge is 0.433 e. The Hall–Kier alpha value is -3.45. The number of rotatable bonds is 6. The first-order valence-electron chi connectivity index (χ1n) is 12.2. The van der Waals surface area contributed by atoms with Crippen LogP contribution in [0.2, 0.25) is 0 Å². The van der Waals surface area contributed by atoms with Gasteiger partial charge in [0.1, 0.15) is 11.5 Å². The molecule has 1 fully saturated rings. The summed E-state index contributed by atoms with van der Waals surface area (Å²) >= 11 is 0. The van der Waals surface area contributed by atoms with Crippen molar-refractivity contribution in [3.05, 3.63) is 64.6 Å². The first-order valence-corrected chi connectivity index (χ1v) is 14.0. The SMILES string of the molecule is Cc1cc([C@@H](C)NC(=O)c2ccc3nc(C(F)(F)F)cc(N4CCC(O)CC4)c3c2)c(F)cc1NS(C)(=O)=O. The van der Waals surface area contributed by atoms with Crippen LogP contribution < -0.4 is 14.9 Å². The summed E-state index contributed by atoms with van der Waals surface area (Å²) < 4.78 is 80.8. The van der Waals surface area contributed by atoms with Crippen molar-refractivity contribution in [2.45, 2.75) is 45.0 Å². The lowest BCUT2D eigenvalue weighted by atomic mass is 10.0. The zero-order chi connectivity index (χ0) is 28.7. The van der Waals surface area contributed by atoms with Crippen molar-refractivity contribution >= 4 is 38.2 Å². The number of piperidine rings is 1. The topological polar surface area (TPSA) is 112 Å². The summed E-state index contributed by atoms with van der Waals surface area (Å²) in [5, 5.41) is 12.9. The lowest BCUT2D eigenvalue weighted by molar-refractivity contribution is -0.140. The van der Waals surface area contributed by atoms with E-state index in [4.69, 9.17) is 0 Å². The van der Waals surface area contributed by atoms with Crippen LogP contribution in [0.4, 0.5) is 28.9 Å². The molecule has 2 aromatic carbocycles. The number of carbonyl (C=O) groups is 1. The molecule has 1 aromatic heterocycles. The second kappa shape index (κ2) is 10.6. The summed E-state index contributed by atoms with van der Waals surface area (Å²) in [5.74, 6) is -1.31. The molecule has 1 amide bonds. The Morgan fingerprint density at radius 3 is 2.44 bits per heavy atom. The number of benzene rings is 2. The number of aryl methyl sites for hydroxylation is 1. The molecule has 1 aliphatic heterocycles. The number of alkyl halides is 3. The number of aliphatic hydroxyl groups is 1. The smallest absolute Gasteiger partial charge is 0.393 e. The summed E-state index contributed by atoms with van der Waals surface area (Å²) in [5.41, 5.74) is 0.0681. The zero-order valence-electron chi connectivity index (χ0n) is 21.4. The molecular weight excluding hydrogens is 540 g/mol. The van der Waals surface area contributed by atoms with Crippen LogP contribution in [0.25, 0.3) is 10.9 Å². The number of sulfonamides is 1. The Balaban J connectivity index is 1.65. The quantitative estimate of drug-likeness (QED) is 0.377. The lowest BCUT2D eigenvalue weighted by Crippen LogP contribution is -2.36. The van der Waals surface area contributed by atoms with Gasteiger partial charge in [0.25, 0.3) is 5.91 Å². The van der Waals surface area contributed by atoms with Crippen LogP contribution in [0.1, 0.15) is 53.0 Å². The van der Waals surface area contributed by atoms with E-state index in [9.17, 15) is 35.9 Å². The van der Waals surface area contributed by atoms with Gasteiger partial charge in [-0.15, -0.1) is 0 Å². The molecule has 1 atom stereocenters. The van der Waals surface area contributed by atoms with Crippen molar-refractivity contribution < 1.29 is 35.9 Å². The van der Waals surface area contributed by atoms with E-state index >= 15 is 0 Å². The van der Waals surface area contributed by atoms with E-state index in [0.29, 0.717) is 36.9 Å². The van der Waals surface area contributed by atoms with Crippen LogP contribution in [0.15, 0.2) is 36.4 Å². The number of pyridine rings is 1. The molecule has 0 saturated carbocycles. The van der Waals surface area contributed by atoms with Crippen LogP contribution in [0.3, 0.4) is 0 Å². The third-order valence-corrected chi connectivity index (χ3v) is 7.19. The molecule has 0 bridgehead atoms. The Morgan fingerprint density at radius 1 is 1.15 bits per heavy atom. The number of fused-ring (bicyclic) bond motifs is 1. The van der Waals surface area contributed by atoms with Crippen molar-refractivity contribution in [2.24, 2.45) is 0 Å². The van der Waals surface area contributed by atoms with E-state index in [0.717, 1.165) is 18.4 Å². The number of halogens is 4. The van der Waals surface area contributed by atoms with Gasteiger partial charge in [0.05, 0.1) is 29.6 Å². The van der Waals surface area contributed by atoms with Gasteiger partial charge in [0.15, 0.2) is 0 Å². The fourth-order valence-corrected chi connectivity index (χ4v) is 5.19. The molecule has 1 saturated heterocycles. The highest BCUT2D eigenvalue weighted by Gasteiger charge is 2.34. The summed E-state index contributed by atoms with van der Waals surface area (Å²) in [6, 6.07) is 6.74. The number of nitrogens with zero attached hydrogens (tertiary/aromatic N) is 2. The molecule has 0 aliphatic carbocycles. The number of aliphatic hydroxyl groups excluding tert-OH is 1. The van der Waals surface area contributed by atoms with E-state index in [-0.39, 0.29) is 28.0 Å². The highest BCUT2D eigenvalue weighted by molar-refractivity contribution is 7.92. The lowest BCUT2D eigenvalue weighted by Gasteiger charge is -2.32. The predicted molar refractivity (Wildman–Crippen MR) is 140 cm³/mol. The average Bonchev–Trinajstić information content (AvgIpc) is 2.84. The van der Waals surface area contributed by atoms with Gasteiger partial charge in [0, 0.05) is 35.3 Å². The van der Waals surface area contributed by atoms with Gasteiger partial charge in [-0.05, 0) is 68.7 Å². The maximum Gasteiger partial charge on any atom is 0.433 e. The number of nitrogens with one attached hydrogen (secondary N) is 2. The van der Waals surface area contributed by atoms with Crippen LogP contribution in [-0.4, -0.2) is 49.9 Å². The maximum atomic E-state index is 14.8. The van der Waals surface area contributed by atoms with E-state index < -0.39 is 45.8 Å². The second-order valence-electron chi connectivity index (χ2n) is 9.73. The van der Waals surface area contributed by atoms with Gasteiger partial charge in [-0.2, -0.15) is 13.2 Å². The molecule has 39 heavy (non-hydrogen) atoms. The highest BCUT2D eigenvalue weighted by Crippen LogP contribution is 2.36. The molecule has 1 aliphatic rings. The number of carbonyl (C=O) groups excluding carboxylic acids is 1. The molecule has 3 aromatic rings. The first-order chi connectivity index (χ1) is 18.1. The number of anilines is 2. The minimum atomic E-state index is -4.67. The number of amides is 1. The van der Waals surface area contributed by atoms with Crippen molar-refractivity contribution in [3.63, 3.8) is 0 Å². The highest BCUT2D eigenvalue weighted by atomic mass is 32.2. The molecule has 0 radical (unpaired) electrons. The minimum absolute atomic E-state index is 0.0613. The van der Waals surface area contributed by atoms with Crippen LogP contribution in [0, 0.1) is 12.7 Å². The van der Waals surface area contributed by atoms with Crippen molar-refractivity contribution in [1.29, 1.82) is 0 Å². The molecule has 3 N–H and O–H groups in total. The first kappa shape index (κ1) is 28.6. The molecule has 4 rings (SSSR count). The van der Waals surface area contributed by atoms with Crippen LogP contribution in [-0.2, 0) is 16.2 Å². The van der Waals surface area contributed by atoms with Crippen molar-refractivity contribution in [2.75, 3.05) is 29.0 Å². The Morgan fingerprint density at radius 2 is 1.82 bits per heavy atom. The third-order valence-electron chi connectivity index (χ3n) is 6.60. The standard InChI is InChI=1S/C26H28F4N4O4S/c1-14-10-18(20(27)12-22(14)33-39(3,37)38)15(2)31-25(36)16-4-5-21-19(11-16)23(13-24(32-21)26(28,29)30)34-8-6-17(35)7-9-34/h4-5,10-13,15,17,33,35H,6-9H2,1-3H3,(H,31,36)/t15-/m1/s1. The van der Waals surface area contributed by atoms with Gasteiger partial charge in [0.2, 0.25) is 10.0 Å². The summed E-state index contributed by atoms with van der Waals surface area (Å²) in [6.07, 6.45) is -3.46. The van der Waals surface area contributed by atoms with Gasteiger partial charge in [-0.25, -0.2) is 17.8 Å². The third kappa shape index (κ3) is 6.59. The number of hydrogen-bond donors (Lipinski definition) is 3. The fourth-order valence-electron chi connectivity index (χ4n) is 4.57. The molecule has 13 heteroatoms. The molecule has 0 spiro atoms. The number of aromatic nitrogens is 1. The Kier molecular flexibility index (Phi) is 7.77.